The third-order valence-corrected chi connectivity index (χ3v) is 7.09. The van der Waals surface area contributed by atoms with Gasteiger partial charge in [0.15, 0.2) is 0 Å². The van der Waals surface area contributed by atoms with Crippen LogP contribution in [0.3, 0.4) is 0 Å². The van der Waals surface area contributed by atoms with Crippen molar-refractivity contribution in [1.29, 1.82) is 0 Å². The van der Waals surface area contributed by atoms with Crippen molar-refractivity contribution in [2.45, 2.75) is 56.4 Å². The molecule has 8 nitrogen and oxygen atoms in total. The van der Waals surface area contributed by atoms with Gasteiger partial charge in [-0.05, 0) is 43.4 Å². The lowest BCUT2D eigenvalue weighted by molar-refractivity contribution is -0.140. The summed E-state index contributed by atoms with van der Waals surface area (Å²) in [6, 6.07) is 15.8. The van der Waals surface area contributed by atoms with Crippen LogP contribution >= 0.6 is 0 Å². The fourth-order valence-corrected chi connectivity index (χ4v) is 5.12. The van der Waals surface area contributed by atoms with E-state index in [1.165, 1.54) is 18.6 Å². The van der Waals surface area contributed by atoms with Gasteiger partial charge >= 0.3 is 6.18 Å². The number of hydrogen-bond acceptors (Lipinski definition) is 6. The van der Waals surface area contributed by atoms with Crippen LogP contribution in [-0.4, -0.2) is 44.9 Å². The Labute approximate surface area is 234 Å². The summed E-state index contributed by atoms with van der Waals surface area (Å²) in [6.45, 7) is 0. The maximum Gasteiger partial charge on any atom is 0.433 e. The molecule has 0 spiro atoms. The van der Waals surface area contributed by atoms with E-state index in [2.05, 4.69) is 30.9 Å². The summed E-state index contributed by atoms with van der Waals surface area (Å²) in [5.74, 6) is -0.854. The number of anilines is 1. The monoisotopic (exact) mass is 562 g/mol. The Balaban J connectivity index is 1.29. The van der Waals surface area contributed by atoms with Crippen LogP contribution in [0.1, 0.15) is 47.4 Å². The Morgan fingerprint density at radius 3 is 2.49 bits per heavy atom. The Hall–Kier alpha value is -4.54. The fourth-order valence-electron chi connectivity index (χ4n) is 5.12. The molecule has 3 N–H and O–H groups in total. The molecule has 2 amide bonds. The zero-order valence-corrected chi connectivity index (χ0v) is 22.1. The predicted octanol–water partition coefficient (Wildman–Crippen LogP) is 4.92. The Morgan fingerprint density at radius 1 is 0.976 bits per heavy atom. The molecular formula is C30H29F3N6O2. The van der Waals surface area contributed by atoms with Crippen molar-refractivity contribution >= 4 is 28.4 Å². The third kappa shape index (κ3) is 7.16. The maximum absolute atomic E-state index is 13.5. The maximum atomic E-state index is 13.5. The highest BCUT2D eigenvalue weighted by atomic mass is 19.4. The van der Waals surface area contributed by atoms with Gasteiger partial charge in [0, 0.05) is 42.0 Å². The van der Waals surface area contributed by atoms with E-state index in [4.69, 9.17) is 0 Å². The van der Waals surface area contributed by atoms with Gasteiger partial charge in [-0.2, -0.15) is 13.2 Å². The van der Waals surface area contributed by atoms with E-state index in [9.17, 15) is 22.8 Å². The highest BCUT2D eigenvalue weighted by Crippen LogP contribution is 2.34. The average Bonchev–Trinajstić information content (AvgIpc) is 2.97. The van der Waals surface area contributed by atoms with Crippen LogP contribution in [0.2, 0.25) is 0 Å². The smallest absolute Gasteiger partial charge is 0.382 e. The van der Waals surface area contributed by atoms with Crippen molar-refractivity contribution in [3.63, 3.8) is 0 Å². The predicted molar refractivity (Wildman–Crippen MR) is 148 cm³/mol. The number of aromatic nitrogens is 3. The normalized spacial score (nSPS) is 17.9. The third-order valence-electron chi connectivity index (χ3n) is 7.09. The van der Waals surface area contributed by atoms with Crippen molar-refractivity contribution in [3.05, 3.63) is 96.2 Å². The molecule has 2 aromatic carbocycles. The second-order valence-corrected chi connectivity index (χ2v) is 10.1. The zero-order valence-electron chi connectivity index (χ0n) is 22.1. The van der Waals surface area contributed by atoms with E-state index in [-0.39, 0.29) is 35.6 Å². The van der Waals surface area contributed by atoms with Crippen molar-refractivity contribution in [3.8, 4) is 0 Å². The van der Waals surface area contributed by atoms with Gasteiger partial charge in [-0.3, -0.25) is 14.6 Å². The summed E-state index contributed by atoms with van der Waals surface area (Å²) in [5.41, 5.74) is 0.636. The quantitative estimate of drug-likeness (QED) is 0.281. The van der Waals surface area contributed by atoms with Crippen LogP contribution in [0.25, 0.3) is 10.9 Å². The van der Waals surface area contributed by atoms with E-state index in [0.29, 0.717) is 23.9 Å². The molecule has 212 valence electrons. The number of carbonyl (C=O) groups is 2. The lowest BCUT2D eigenvalue weighted by Gasteiger charge is -2.32. The second kappa shape index (κ2) is 12.3. The summed E-state index contributed by atoms with van der Waals surface area (Å²) in [6.07, 6.45) is 2.62. The van der Waals surface area contributed by atoms with Crippen LogP contribution in [-0.2, 0) is 17.4 Å². The Morgan fingerprint density at radius 2 is 1.73 bits per heavy atom. The minimum absolute atomic E-state index is 0.100. The first-order chi connectivity index (χ1) is 19.8. The molecular weight excluding hydrogens is 533 g/mol. The first-order valence-corrected chi connectivity index (χ1v) is 13.4. The summed E-state index contributed by atoms with van der Waals surface area (Å²) in [4.78, 5) is 38.0. The molecule has 1 aliphatic rings. The van der Waals surface area contributed by atoms with Gasteiger partial charge in [0.05, 0.1) is 11.7 Å². The van der Waals surface area contributed by atoms with Crippen LogP contribution in [0.15, 0.2) is 79.3 Å². The van der Waals surface area contributed by atoms with Crippen molar-refractivity contribution < 1.29 is 22.8 Å². The number of pyridine rings is 1. The number of alkyl halides is 3. The van der Waals surface area contributed by atoms with Gasteiger partial charge in [-0.15, -0.1) is 0 Å². The summed E-state index contributed by atoms with van der Waals surface area (Å²) in [7, 11) is 0. The molecule has 2 heterocycles. The highest BCUT2D eigenvalue weighted by Gasteiger charge is 2.34. The molecule has 0 radical (unpaired) electrons. The van der Waals surface area contributed by atoms with E-state index in [1.807, 2.05) is 30.3 Å². The number of nitrogens with zero attached hydrogens (tertiary/aromatic N) is 3. The van der Waals surface area contributed by atoms with Gasteiger partial charge in [0.2, 0.25) is 5.91 Å². The summed E-state index contributed by atoms with van der Waals surface area (Å²) >= 11 is 0. The van der Waals surface area contributed by atoms with Gasteiger partial charge in [-0.1, -0.05) is 48.5 Å². The second-order valence-electron chi connectivity index (χ2n) is 10.1. The van der Waals surface area contributed by atoms with Gasteiger partial charge in [0.1, 0.15) is 17.4 Å². The number of amides is 2. The summed E-state index contributed by atoms with van der Waals surface area (Å²) in [5, 5.41) is 9.73. The number of para-hydroxylation sites is 1. The number of hydrogen-bond donors (Lipinski definition) is 3. The van der Waals surface area contributed by atoms with Crippen LogP contribution < -0.4 is 16.0 Å². The fraction of sp³-hybridized carbons (Fsp3) is 0.300. The number of rotatable bonds is 8. The number of nitrogens with one attached hydrogen (secondary N) is 3. The van der Waals surface area contributed by atoms with Gasteiger partial charge < -0.3 is 16.0 Å². The zero-order chi connectivity index (χ0) is 28.8. The molecule has 0 unspecified atom stereocenters. The number of benzene rings is 2. The molecule has 0 aliphatic heterocycles. The van der Waals surface area contributed by atoms with Crippen molar-refractivity contribution in [1.82, 2.24) is 25.6 Å². The number of fused-ring (bicyclic) bond motifs is 1. The van der Waals surface area contributed by atoms with Gasteiger partial charge in [0.25, 0.3) is 5.91 Å². The minimum Gasteiger partial charge on any atom is -0.382 e. The molecule has 5 rings (SSSR count). The number of carbonyl (C=O) groups excluding carboxylic acids is 2. The van der Waals surface area contributed by atoms with Gasteiger partial charge in [-0.25, -0.2) is 9.97 Å². The largest absolute Gasteiger partial charge is 0.433 e. The average molecular weight is 563 g/mol. The molecule has 2 aromatic heterocycles. The van der Waals surface area contributed by atoms with Crippen molar-refractivity contribution in [2.24, 2.45) is 0 Å². The molecule has 4 aromatic rings. The molecule has 1 aliphatic carbocycles. The van der Waals surface area contributed by atoms with E-state index in [0.717, 1.165) is 24.5 Å². The minimum atomic E-state index is -4.58. The molecule has 41 heavy (non-hydrogen) atoms. The molecule has 3 atom stereocenters. The molecule has 0 saturated heterocycles. The van der Waals surface area contributed by atoms with E-state index < -0.39 is 23.8 Å². The van der Waals surface area contributed by atoms with Crippen molar-refractivity contribution in [2.75, 3.05) is 5.32 Å². The van der Waals surface area contributed by atoms with Crippen LogP contribution in [0, 0.1) is 0 Å². The lowest BCUT2D eigenvalue weighted by atomic mass is 9.90. The lowest BCUT2D eigenvalue weighted by Crippen LogP contribution is -2.52. The SMILES string of the molecule is O=C(N[C@@H](Cc1ccccc1)C(=O)N[C@@H]1CCC[C@H](Nc2cc(C(F)(F)F)nc3ccccc23)C1)c1cnccn1. The standard InChI is InChI=1S/C30H29F3N6O2/c31-30(32,33)27-17-24(22-11-4-5-12-23(22)38-27)36-20-9-6-10-21(16-20)37-28(40)25(15-19-7-2-1-3-8-19)39-29(41)26-18-34-13-14-35-26/h1-5,7-8,11-14,17-18,20-21,25H,6,9-10,15-16H2,(H,36,38)(H,37,40)(H,39,41)/t20-,21+,25-/m0/s1. The molecule has 1 fully saturated rings. The molecule has 1 saturated carbocycles. The van der Waals surface area contributed by atoms with Crippen LogP contribution in [0.4, 0.5) is 18.9 Å². The molecule has 0 bridgehead atoms. The summed E-state index contributed by atoms with van der Waals surface area (Å²) < 4.78 is 40.6. The van der Waals surface area contributed by atoms with E-state index in [1.54, 1.807) is 24.3 Å². The number of halogens is 3. The molecule has 11 heteroatoms. The van der Waals surface area contributed by atoms with E-state index >= 15 is 0 Å². The first kappa shape index (κ1) is 28.0. The Bertz CT molecular complexity index is 1500. The highest BCUT2D eigenvalue weighted by molar-refractivity contribution is 5.96. The topological polar surface area (TPSA) is 109 Å². The first-order valence-electron chi connectivity index (χ1n) is 13.4. The Kier molecular flexibility index (Phi) is 8.42. The van der Waals surface area contributed by atoms with Crippen LogP contribution in [0.5, 0.6) is 0 Å².